The third kappa shape index (κ3) is 2.37. The Kier molecular flexibility index (Phi) is 3.86. The van der Waals surface area contributed by atoms with E-state index in [0.717, 1.165) is 11.4 Å². The predicted octanol–water partition coefficient (Wildman–Crippen LogP) is 0.645. The molecule has 0 spiro atoms. The van der Waals surface area contributed by atoms with Gasteiger partial charge in [0.15, 0.2) is 5.65 Å². The van der Waals surface area contributed by atoms with Crippen LogP contribution in [0.2, 0.25) is 0 Å². The highest BCUT2D eigenvalue weighted by molar-refractivity contribution is 8.00. The summed E-state index contributed by atoms with van der Waals surface area (Å²) in [5.41, 5.74) is 8.87. The van der Waals surface area contributed by atoms with Gasteiger partial charge in [0.1, 0.15) is 17.1 Å². The van der Waals surface area contributed by atoms with Crippen LogP contribution in [-0.4, -0.2) is 58.5 Å². The maximum absolute atomic E-state index is 12.1. The Balaban J connectivity index is 1.88. The average Bonchev–Trinajstić information content (AvgIpc) is 2.98. The van der Waals surface area contributed by atoms with E-state index < -0.39 is 17.9 Å². The third-order valence-corrected chi connectivity index (χ3v) is 6.15. The smallest absolute Gasteiger partial charge is 0.353 e. The van der Waals surface area contributed by atoms with E-state index in [4.69, 9.17) is 18.0 Å². The van der Waals surface area contributed by atoms with E-state index in [-0.39, 0.29) is 11.1 Å². The molecule has 2 atom stereocenters. The first-order chi connectivity index (χ1) is 12.3. The van der Waals surface area contributed by atoms with Crippen molar-refractivity contribution in [2.45, 2.75) is 25.3 Å². The number of amides is 1. The quantitative estimate of drug-likeness (QED) is 0.447. The minimum Gasteiger partial charge on any atom is -0.477 e. The fourth-order valence-corrected chi connectivity index (χ4v) is 4.93. The van der Waals surface area contributed by atoms with Crippen molar-refractivity contribution in [1.82, 2.24) is 19.5 Å². The van der Waals surface area contributed by atoms with Crippen molar-refractivity contribution >= 4 is 46.4 Å². The number of hydrogen-bond donors (Lipinski definition) is 2. The fourth-order valence-electron chi connectivity index (χ4n) is 3.22. The molecule has 0 aromatic carbocycles. The number of nitrogens with two attached hydrogens (primary N) is 1. The van der Waals surface area contributed by atoms with Crippen LogP contribution in [0.25, 0.3) is 5.65 Å². The lowest BCUT2D eigenvalue weighted by molar-refractivity contribution is -0.147. The van der Waals surface area contributed by atoms with Crippen molar-refractivity contribution in [2.75, 3.05) is 5.75 Å². The zero-order valence-corrected chi connectivity index (χ0v) is 15.6. The van der Waals surface area contributed by atoms with Crippen LogP contribution in [0.3, 0.4) is 0 Å². The van der Waals surface area contributed by atoms with Crippen LogP contribution in [0.1, 0.15) is 17.1 Å². The summed E-state index contributed by atoms with van der Waals surface area (Å²) in [6.07, 6.45) is 0. The van der Waals surface area contributed by atoms with Gasteiger partial charge in [0.2, 0.25) is 5.91 Å². The van der Waals surface area contributed by atoms with Crippen molar-refractivity contribution in [3.8, 4) is 0 Å². The van der Waals surface area contributed by atoms with Crippen molar-refractivity contribution in [3.05, 3.63) is 40.5 Å². The largest absolute Gasteiger partial charge is 0.477 e. The molecule has 1 fully saturated rings. The average molecular weight is 389 g/mol. The number of β-lactam (4-membered cyclic amide) rings is 1. The van der Waals surface area contributed by atoms with Gasteiger partial charge in [-0.25, -0.2) is 14.3 Å². The summed E-state index contributed by atoms with van der Waals surface area (Å²) in [7, 11) is 0. The highest BCUT2D eigenvalue weighted by Gasteiger charge is 2.52. The van der Waals surface area contributed by atoms with E-state index in [1.54, 1.807) is 10.6 Å². The van der Waals surface area contributed by atoms with Crippen LogP contribution in [0.5, 0.6) is 0 Å². The number of nitrogens with zero attached hydrogens (tertiary/aromatic N) is 4. The highest BCUT2D eigenvalue weighted by atomic mass is 32.2. The third-order valence-electron chi connectivity index (χ3n) is 4.40. The molecule has 0 bridgehead atoms. The first kappa shape index (κ1) is 17.1. The number of carbonyl (C=O) groups is 2. The van der Waals surface area contributed by atoms with Gasteiger partial charge in [-0.05, 0) is 19.9 Å². The van der Waals surface area contributed by atoms with Crippen LogP contribution in [0.15, 0.2) is 23.4 Å². The Bertz CT molecular complexity index is 1030. The van der Waals surface area contributed by atoms with Crippen LogP contribution < -0.4 is 5.73 Å². The maximum atomic E-state index is 12.1. The standard InChI is InChI=1S/C16H15N5O3S2/c1-6-3-9(21-10(18-6)4-7(2)19-21)13(25)8-5-26-15-11(17)14(22)20(15)12(8)16(23)24/h3-4,11,15H,5,17H2,1-2H3,(H,23,24)/t11?,15-/m0/s1. The summed E-state index contributed by atoms with van der Waals surface area (Å²) < 4.78 is 1.61. The van der Waals surface area contributed by atoms with Gasteiger partial charge in [-0.2, -0.15) is 5.10 Å². The molecule has 1 saturated heterocycles. The van der Waals surface area contributed by atoms with E-state index in [9.17, 15) is 14.7 Å². The zero-order valence-electron chi connectivity index (χ0n) is 14.0. The van der Waals surface area contributed by atoms with E-state index in [0.29, 0.717) is 27.5 Å². The summed E-state index contributed by atoms with van der Waals surface area (Å²) in [6, 6.07) is 2.93. The van der Waals surface area contributed by atoms with Gasteiger partial charge in [0, 0.05) is 23.1 Å². The van der Waals surface area contributed by atoms with E-state index in [2.05, 4.69) is 10.1 Å². The monoisotopic (exact) mass is 389 g/mol. The number of carboxylic acids is 1. The molecule has 8 nitrogen and oxygen atoms in total. The topological polar surface area (TPSA) is 114 Å². The molecule has 4 rings (SSSR count). The first-order valence-corrected chi connectivity index (χ1v) is 9.30. The molecule has 1 amide bonds. The molecule has 3 N–H and O–H groups in total. The first-order valence-electron chi connectivity index (χ1n) is 7.85. The van der Waals surface area contributed by atoms with Gasteiger partial charge in [0.05, 0.1) is 16.3 Å². The number of thiocarbonyl (C=S) groups is 1. The summed E-state index contributed by atoms with van der Waals surface area (Å²) in [5.74, 6) is -1.22. The number of carbonyl (C=O) groups excluding carboxylic acids is 1. The lowest BCUT2D eigenvalue weighted by Gasteiger charge is -2.48. The number of fused-ring (bicyclic) bond motifs is 2. The molecule has 26 heavy (non-hydrogen) atoms. The van der Waals surface area contributed by atoms with Gasteiger partial charge in [-0.15, -0.1) is 11.8 Å². The molecule has 2 aliphatic heterocycles. The molecule has 10 heteroatoms. The Morgan fingerprint density at radius 3 is 2.81 bits per heavy atom. The van der Waals surface area contributed by atoms with E-state index >= 15 is 0 Å². The van der Waals surface area contributed by atoms with Crippen molar-refractivity contribution in [3.63, 3.8) is 0 Å². The molecular formula is C16H15N5O3S2. The molecule has 2 aromatic rings. The second-order valence-electron chi connectivity index (χ2n) is 6.24. The summed E-state index contributed by atoms with van der Waals surface area (Å²) in [5, 5.41) is 13.8. The summed E-state index contributed by atoms with van der Waals surface area (Å²) >= 11 is 7.04. The predicted molar refractivity (Wildman–Crippen MR) is 99.9 cm³/mol. The second-order valence-corrected chi connectivity index (χ2v) is 7.75. The van der Waals surface area contributed by atoms with E-state index in [1.807, 2.05) is 19.9 Å². The molecule has 134 valence electrons. The van der Waals surface area contributed by atoms with Crippen LogP contribution >= 0.6 is 24.0 Å². The van der Waals surface area contributed by atoms with E-state index in [1.165, 1.54) is 16.7 Å². The number of carboxylic acid groups (broad SMARTS) is 1. The molecule has 0 aliphatic carbocycles. The van der Waals surface area contributed by atoms with Gasteiger partial charge >= 0.3 is 5.97 Å². The normalized spacial score (nSPS) is 22.4. The molecule has 0 radical (unpaired) electrons. The number of aryl methyl sites for hydroxylation is 2. The van der Waals surface area contributed by atoms with Crippen molar-refractivity contribution in [2.24, 2.45) is 5.73 Å². The number of rotatable bonds is 3. The van der Waals surface area contributed by atoms with Crippen LogP contribution in [-0.2, 0) is 9.59 Å². The van der Waals surface area contributed by atoms with Crippen LogP contribution in [0.4, 0.5) is 0 Å². The Morgan fingerprint density at radius 1 is 1.38 bits per heavy atom. The second kappa shape index (κ2) is 5.86. The Morgan fingerprint density at radius 2 is 2.12 bits per heavy atom. The summed E-state index contributed by atoms with van der Waals surface area (Å²) in [6.45, 7) is 3.69. The maximum Gasteiger partial charge on any atom is 0.353 e. The minimum atomic E-state index is -1.19. The van der Waals surface area contributed by atoms with Crippen molar-refractivity contribution in [1.29, 1.82) is 0 Å². The molecule has 0 saturated carbocycles. The Labute approximate surface area is 158 Å². The van der Waals surface area contributed by atoms with Gasteiger partial charge < -0.3 is 10.8 Å². The van der Waals surface area contributed by atoms with Gasteiger partial charge in [0.25, 0.3) is 0 Å². The summed E-state index contributed by atoms with van der Waals surface area (Å²) in [4.78, 5) is 30.0. The molecular weight excluding hydrogens is 374 g/mol. The number of aliphatic carboxylic acids is 1. The fraction of sp³-hybridized carbons (Fsp3) is 0.312. The molecule has 2 aromatic heterocycles. The Hall–Kier alpha value is -2.30. The molecule has 2 aliphatic rings. The lowest BCUT2D eigenvalue weighted by Crippen LogP contribution is -2.68. The minimum absolute atomic E-state index is 0.0862. The van der Waals surface area contributed by atoms with Gasteiger partial charge in [-0.3, -0.25) is 9.69 Å². The number of hydrogen-bond acceptors (Lipinski definition) is 7. The SMILES string of the molecule is Cc1cc(C(=S)C2=C(C(=O)O)N3C(=O)C(N)[C@@H]3SC2)n2nc(C)cc2n1. The highest BCUT2D eigenvalue weighted by Crippen LogP contribution is 2.40. The lowest BCUT2D eigenvalue weighted by atomic mass is 10.0. The van der Waals surface area contributed by atoms with Crippen LogP contribution in [0, 0.1) is 13.8 Å². The zero-order chi connectivity index (χ0) is 18.7. The number of aromatic nitrogens is 3. The molecule has 1 unspecified atom stereocenters. The van der Waals surface area contributed by atoms with Crippen molar-refractivity contribution < 1.29 is 14.7 Å². The number of thioether (sulfide) groups is 1. The molecule has 4 heterocycles. The van der Waals surface area contributed by atoms with Gasteiger partial charge in [-0.1, -0.05) is 12.2 Å².